The number of rotatable bonds is 4. The van der Waals surface area contributed by atoms with Crippen LogP contribution in [0.4, 0.5) is 0 Å². The molecule has 0 atom stereocenters. The molecule has 6 nitrogen and oxygen atoms in total. The number of hydrogen-bond donors (Lipinski definition) is 0. The van der Waals surface area contributed by atoms with Crippen molar-refractivity contribution in [2.75, 3.05) is 0 Å². The van der Waals surface area contributed by atoms with Crippen molar-refractivity contribution in [1.82, 2.24) is 19.9 Å². The molecule has 0 saturated carbocycles. The summed E-state index contributed by atoms with van der Waals surface area (Å²) in [4.78, 5) is 4.26. The number of benzene rings is 1. The van der Waals surface area contributed by atoms with Crippen molar-refractivity contribution in [2.45, 2.75) is 46.6 Å². The van der Waals surface area contributed by atoms with Gasteiger partial charge in [-0.2, -0.15) is 10.1 Å². The lowest BCUT2D eigenvalue weighted by Crippen LogP contribution is -2.13. The van der Waals surface area contributed by atoms with Gasteiger partial charge in [-0.25, -0.2) is 4.68 Å². The van der Waals surface area contributed by atoms with Crippen LogP contribution < -0.4 is 4.74 Å². The fourth-order valence-electron chi connectivity index (χ4n) is 2.34. The average Bonchev–Trinajstić information content (AvgIpc) is 3.12. The first-order valence-corrected chi connectivity index (χ1v) is 7.92. The molecule has 0 aliphatic carbocycles. The van der Waals surface area contributed by atoms with Crippen molar-refractivity contribution in [2.24, 2.45) is 0 Å². The summed E-state index contributed by atoms with van der Waals surface area (Å²) in [7, 11) is 0. The Morgan fingerprint density at radius 1 is 1.12 bits per heavy atom. The number of nitrogens with zero attached hydrogens (tertiary/aromatic N) is 4. The molecule has 2 aromatic heterocycles. The minimum absolute atomic E-state index is 0.160. The zero-order valence-electron chi connectivity index (χ0n) is 14.7. The van der Waals surface area contributed by atoms with E-state index in [0.29, 0.717) is 12.4 Å². The molecule has 0 fully saturated rings. The van der Waals surface area contributed by atoms with Crippen LogP contribution in [-0.2, 0) is 12.0 Å². The molecule has 1 aromatic carbocycles. The first-order chi connectivity index (χ1) is 11.3. The lowest BCUT2D eigenvalue weighted by Gasteiger charge is -2.10. The van der Waals surface area contributed by atoms with E-state index in [1.807, 2.05) is 63.6 Å². The monoisotopic (exact) mass is 326 g/mol. The van der Waals surface area contributed by atoms with Crippen molar-refractivity contribution in [3.05, 3.63) is 53.1 Å². The summed E-state index contributed by atoms with van der Waals surface area (Å²) in [5.41, 5.74) is 4.00. The smallest absolute Gasteiger partial charge is 0.417 e. The topological polar surface area (TPSA) is 66.0 Å². The minimum Gasteiger partial charge on any atom is -0.444 e. The summed E-state index contributed by atoms with van der Waals surface area (Å²) < 4.78 is 12.6. The Hall–Kier alpha value is -2.63. The summed E-state index contributed by atoms with van der Waals surface area (Å²) >= 11 is 0. The average molecular weight is 326 g/mol. The molecule has 126 valence electrons. The van der Waals surface area contributed by atoms with E-state index in [4.69, 9.17) is 9.26 Å². The molecule has 3 aromatic rings. The third kappa shape index (κ3) is 3.48. The van der Waals surface area contributed by atoms with Gasteiger partial charge in [0.15, 0.2) is 5.82 Å². The van der Waals surface area contributed by atoms with Crippen LogP contribution in [0.1, 0.15) is 43.5 Å². The van der Waals surface area contributed by atoms with Crippen LogP contribution >= 0.6 is 0 Å². The Morgan fingerprint density at radius 2 is 1.83 bits per heavy atom. The van der Waals surface area contributed by atoms with Crippen LogP contribution in [0.15, 0.2) is 34.9 Å². The fourth-order valence-corrected chi connectivity index (χ4v) is 2.34. The zero-order valence-corrected chi connectivity index (χ0v) is 14.7. The van der Waals surface area contributed by atoms with E-state index in [1.54, 1.807) is 0 Å². The molecule has 0 unspecified atom stereocenters. The van der Waals surface area contributed by atoms with E-state index in [9.17, 15) is 0 Å². The second-order valence-corrected chi connectivity index (χ2v) is 6.93. The van der Waals surface area contributed by atoms with Crippen LogP contribution in [0.3, 0.4) is 0 Å². The molecule has 0 amide bonds. The van der Waals surface area contributed by atoms with Gasteiger partial charge in [-0.15, -0.1) is 0 Å². The highest BCUT2D eigenvalue weighted by Crippen LogP contribution is 2.21. The zero-order chi connectivity index (χ0) is 17.3. The minimum atomic E-state index is -0.160. The maximum atomic E-state index is 5.58. The molecular weight excluding hydrogens is 304 g/mol. The molecule has 2 heterocycles. The van der Waals surface area contributed by atoms with Crippen molar-refractivity contribution >= 4 is 0 Å². The van der Waals surface area contributed by atoms with Gasteiger partial charge >= 0.3 is 6.08 Å². The highest BCUT2D eigenvalue weighted by Gasteiger charge is 2.21. The molecule has 0 aliphatic heterocycles. The van der Waals surface area contributed by atoms with Crippen molar-refractivity contribution in [3.8, 4) is 11.8 Å². The molecule has 0 N–H and O–H groups in total. The Kier molecular flexibility index (Phi) is 4.13. The molecule has 0 bridgehead atoms. The molecule has 24 heavy (non-hydrogen) atoms. The highest BCUT2D eigenvalue weighted by atomic mass is 16.6. The van der Waals surface area contributed by atoms with Gasteiger partial charge in [-0.05, 0) is 37.6 Å². The van der Waals surface area contributed by atoms with Gasteiger partial charge in [0.1, 0.15) is 6.61 Å². The first-order valence-electron chi connectivity index (χ1n) is 7.92. The van der Waals surface area contributed by atoms with E-state index in [2.05, 4.69) is 21.3 Å². The predicted molar refractivity (Wildman–Crippen MR) is 90.4 cm³/mol. The summed E-state index contributed by atoms with van der Waals surface area (Å²) in [5, 5.41) is 8.42. The van der Waals surface area contributed by atoms with Gasteiger partial charge in [-0.1, -0.05) is 38.1 Å². The SMILES string of the molecule is Cc1cc(C)n(-c2ccc(COc3nc(C(C)(C)C)no3)cc2)n1. The van der Waals surface area contributed by atoms with E-state index < -0.39 is 0 Å². The molecule has 0 radical (unpaired) electrons. The van der Waals surface area contributed by atoms with E-state index in [0.717, 1.165) is 22.6 Å². The Labute approximate surface area is 141 Å². The van der Waals surface area contributed by atoms with E-state index in [-0.39, 0.29) is 11.5 Å². The Balaban J connectivity index is 1.66. The largest absolute Gasteiger partial charge is 0.444 e. The van der Waals surface area contributed by atoms with Crippen LogP contribution in [0.2, 0.25) is 0 Å². The lowest BCUT2D eigenvalue weighted by atomic mass is 9.96. The number of aryl methyl sites for hydroxylation is 2. The van der Waals surface area contributed by atoms with Crippen LogP contribution in [0, 0.1) is 13.8 Å². The standard InChI is InChI=1S/C18H22N4O2/c1-12-10-13(2)22(20-12)15-8-6-14(7-9-15)11-23-17-19-16(21-24-17)18(3,4)5/h6-10H,11H2,1-5H3. The molecule has 6 heteroatoms. The van der Waals surface area contributed by atoms with E-state index in [1.165, 1.54) is 0 Å². The molecule has 3 rings (SSSR count). The number of ether oxygens (including phenoxy) is 1. The fraction of sp³-hybridized carbons (Fsp3) is 0.389. The van der Waals surface area contributed by atoms with Crippen LogP contribution in [-0.4, -0.2) is 19.9 Å². The van der Waals surface area contributed by atoms with Gasteiger partial charge in [0, 0.05) is 11.1 Å². The van der Waals surface area contributed by atoms with Gasteiger partial charge in [0.25, 0.3) is 0 Å². The molecule has 0 aliphatic rings. The first kappa shape index (κ1) is 16.2. The van der Waals surface area contributed by atoms with Gasteiger partial charge in [0.2, 0.25) is 0 Å². The second-order valence-electron chi connectivity index (χ2n) is 6.93. The molecule has 0 saturated heterocycles. The highest BCUT2D eigenvalue weighted by molar-refractivity contribution is 5.35. The van der Waals surface area contributed by atoms with Gasteiger partial charge in [0.05, 0.1) is 11.4 Å². The van der Waals surface area contributed by atoms with E-state index >= 15 is 0 Å². The van der Waals surface area contributed by atoms with Gasteiger partial charge in [-0.3, -0.25) is 4.52 Å². The summed E-state index contributed by atoms with van der Waals surface area (Å²) in [5.74, 6) is 0.636. The van der Waals surface area contributed by atoms with Crippen molar-refractivity contribution < 1.29 is 9.26 Å². The Morgan fingerprint density at radius 3 is 2.38 bits per heavy atom. The molecular formula is C18H22N4O2. The maximum Gasteiger partial charge on any atom is 0.417 e. The maximum absolute atomic E-state index is 5.58. The van der Waals surface area contributed by atoms with Crippen molar-refractivity contribution in [1.29, 1.82) is 0 Å². The predicted octanol–water partition coefficient (Wildman–Crippen LogP) is 3.75. The van der Waals surface area contributed by atoms with Gasteiger partial charge < -0.3 is 4.74 Å². The van der Waals surface area contributed by atoms with Crippen molar-refractivity contribution in [3.63, 3.8) is 0 Å². The summed E-state index contributed by atoms with van der Waals surface area (Å²) in [6.07, 6.45) is 0.197. The number of aromatic nitrogens is 4. The number of hydrogen-bond acceptors (Lipinski definition) is 5. The van der Waals surface area contributed by atoms with Crippen LogP contribution in [0.25, 0.3) is 5.69 Å². The summed E-state index contributed by atoms with van der Waals surface area (Å²) in [6.45, 7) is 10.5. The quantitative estimate of drug-likeness (QED) is 0.730. The Bertz CT molecular complexity index is 826. The second kappa shape index (κ2) is 6.11. The normalized spacial score (nSPS) is 11.7. The van der Waals surface area contributed by atoms with Crippen LogP contribution in [0.5, 0.6) is 6.08 Å². The summed E-state index contributed by atoms with van der Waals surface area (Å²) in [6, 6.07) is 10.1. The lowest BCUT2D eigenvalue weighted by molar-refractivity contribution is 0.194. The molecule has 0 spiro atoms. The third-order valence-electron chi connectivity index (χ3n) is 3.63. The third-order valence-corrected chi connectivity index (χ3v) is 3.63.